The van der Waals surface area contributed by atoms with Crippen molar-refractivity contribution in [2.45, 2.75) is 11.8 Å². The first-order valence-corrected chi connectivity index (χ1v) is 28.6. The first kappa shape index (κ1) is 44.2. The molecule has 12 aromatic carbocycles. The fraction of sp³-hybridized carbons (Fsp3) is 0.0270. The number of rotatable bonds is 9. The highest BCUT2D eigenvalue weighted by Crippen LogP contribution is 2.53. The maximum Gasteiger partial charge on any atom is 0.179 e. The number of aromatic nitrogens is 1. The van der Waals surface area contributed by atoms with Gasteiger partial charge in [0.1, 0.15) is 0 Å². The van der Waals surface area contributed by atoms with Crippen LogP contribution in [-0.4, -0.2) is 12.6 Å². The Morgan fingerprint density at radius 2 is 0.711 bits per heavy atom. The molecule has 2 aliphatic rings. The second-order valence-corrected chi connectivity index (χ2v) is 24.5. The van der Waals surface area contributed by atoms with Gasteiger partial charge in [0.05, 0.1) is 11.0 Å². The largest absolute Gasteiger partial charge is 0.309 e. The van der Waals surface area contributed by atoms with Gasteiger partial charge in [-0.2, -0.15) is 0 Å². The topological polar surface area (TPSA) is 4.93 Å². The molecule has 0 fully saturated rings. The molecule has 0 bridgehead atoms. The predicted octanol–water partition coefficient (Wildman–Crippen LogP) is 15.8. The molecular formula is C74H51NSi. The van der Waals surface area contributed by atoms with E-state index in [1.165, 1.54) is 126 Å². The fourth-order valence-electron chi connectivity index (χ4n) is 13.4. The lowest BCUT2D eigenvalue weighted by Gasteiger charge is -2.34. The molecule has 1 aromatic heterocycles. The molecule has 1 heterocycles. The minimum Gasteiger partial charge on any atom is -0.309 e. The molecule has 2 heteroatoms. The Labute approximate surface area is 445 Å². The van der Waals surface area contributed by atoms with E-state index in [9.17, 15) is 0 Å². The van der Waals surface area contributed by atoms with Crippen LogP contribution in [0.15, 0.2) is 297 Å². The van der Waals surface area contributed by atoms with E-state index in [1.54, 1.807) is 0 Å². The first-order chi connectivity index (χ1) is 37.7. The molecule has 13 aromatic rings. The van der Waals surface area contributed by atoms with Crippen LogP contribution in [-0.2, 0) is 0 Å². The van der Waals surface area contributed by atoms with Crippen molar-refractivity contribution in [1.82, 2.24) is 4.57 Å². The van der Waals surface area contributed by atoms with Gasteiger partial charge < -0.3 is 4.57 Å². The summed E-state index contributed by atoms with van der Waals surface area (Å²) in [7, 11) is -2.67. The average Bonchev–Trinajstić information content (AvgIpc) is 4.16. The molecule has 76 heavy (non-hydrogen) atoms. The Morgan fingerprint density at radius 3 is 1.36 bits per heavy atom. The summed E-state index contributed by atoms with van der Waals surface area (Å²) in [6.45, 7) is 0. The van der Waals surface area contributed by atoms with Crippen molar-refractivity contribution >= 4 is 50.6 Å². The van der Waals surface area contributed by atoms with E-state index in [0.717, 1.165) is 0 Å². The SMILES string of the molecule is c1ccc(C2c3ccc(-c4ccc5c(c4)-c4ccccc4C5c4ccc(-c5cccc([Si](c6ccccc6)(c6ccccc6)c6ccccc6)c5)cc4)cc3-c3cc4c5ccccc5n(-c5ccccc5)c4cc32)cc1. The summed E-state index contributed by atoms with van der Waals surface area (Å²) in [5, 5.41) is 8.07. The van der Waals surface area contributed by atoms with Crippen molar-refractivity contribution in [3.63, 3.8) is 0 Å². The van der Waals surface area contributed by atoms with Crippen LogP contribution in [0.1, 0.15) is 45.2 Å². The van der Waals surface area contributed by atoms with Crippen LogP contribution in [0.3, 0.4) is 0 Å². The number of hydrogen-bond acceptors (Lipinski definition) is 0. The zero-order chi connectivity index (χ0) is 50.2. The van der Waals surface area contributed by atoms with Gasteiger partial charge in [0, 0.05) is 28.3 Å². The molecule has 0 amide bonds. The molecule has 1 nitrogen and oxygen atoms in total. The minimum atomic E-state index is -2.67. The molecule has 0 radical (unpaired) electrons. The zero-order valence-corrected chi connectivity index (χ0v) is 42.9. The van der Waals surface area contributed by atoms with Gasteiger partial charge >= 0.3 is 0 Å². The molecule has 2 atom stereocenters. The second kappa shape index (κ2) is 18.0. The number of nitrogens with zero attached hydrogens (tertiary/aromatic N) is 1. The van der Waals surface area contributed by atoms with Gasteiger partial charge in [-0.1, -0.05) is 255 Å². The third-order valence-electron chi connectivity index (χ3n) is 16.7. The van der Waals surface area contributed by atoms with E-state index in [0.29, 0.717) is 0 Å². The van der Waals surface area contributed by atoms with Gasteiger partial charge in [-0.15, -0.1) is 0 Å². The summed E-state index contributed by atoms with van der Waals surface area (Å²) < 4.78 is 2.45. The van der Waals surface area contributed by atoms with E-state index < -0.39 is 8.07 Å². The zero-order valence-electron chi connectivity index (χ0n) is 41.9. The molecule has 0 saturated carbocycles. The molecule has 15 rings (SSSR count). The second-order valence-electron chi connectivity index (χ2n) is 20.7. The molecule has 2 aliphatic carbocycles. The monoisotopic (exact) mass is 981 g/mol. The van der Waals surface area contributed by atoms with E-state index in [-0.39, 0.29) is 11.8 Å². The van der Waals surface area contributed by atoms with Crippen LogP contribution in [0.25, 0.3) is 72.0 Å². The van der Waals surface area contributed by atoms with Crippen molar-refractivity contribution in [2.75, 3.05) is 0 Å². The Hall–Kier alpha value is -9.34. The molecule has 2 unspecified atom stereocenters. The lowest BCUT2D eigenvalue weighted by molar-refractivity contribution is 1.01. The van der Waals surface area contributed by atoms with Crippen LogP contribution >= 0.6 is 0 Å². The minimum absolute atomic E-state index is 0.128. The molecule has 0 N–H and O–H groups in total. The van der Waals surface area contributed by atoms with Crippen molar-refractivity contribution in [1.29, 1.82) is 0 Å². The van der Waals surface area contributed by atoms with Crippen LogP contribution in [0.4, 0.5) is 0 Å². The van der Waals surface area contributed by atoms with Gasteiger partial charge in [0.2, 0.25) is 0 Å². The summed E-state index contributed by atoms with van der Waals surface area (Å²) in [5.74, 6) is 0.261. The Kier molecular flexibility index (Phi) is 10.4. The average molecular weight is 982 g/mol. The molecular weight excluding hydrogens is 931 g/mol. The summed E-state index contributed by atoms with van der Waals surface area (Å²) in [5.41, 5.74) is 21.9. The Bertz CT molecular complexity index is 4220. The summed E-state index contributed by atoms with van der Waals surface area (Å²) >= 11 is 0. The van der Waals surface area contributed by atoms with Gasteiger partial charge in [0.25, 0.3) is 0 Å². The molecule has 0 spiro atoms. The maximum atomic E-state index is 2.49. The van der Waals surface area contributed by atoms with Gasteiger partial charge in [0.15, 0.2) is 8.07 Å². The van der Waals surface area contributed by atoms with Crippen LogP contribution in [0.2, 0.25) is 0 Å². The fourth-order valence-corrected chi connectivity index (χ4v) is 18.2. The highest BCUT2D eigenvalue weighted by Gasteiger charge is 2.41. The normalized spacial score (nSPS) is 14.3. The Balaban J connectivity index is 0.808. The number of benzene rings is 12. The lowest BCUT2D eigenvalue weighted by atomic mass is 9.87. The molecule has 356 valence electrons. The number of hydrogen-bond donors (Lipinski definition) is 0. The summed E-state index contributed by atoms with van der Waals surface area (Å²) in [4.78, 5) is 0. The van der Waals surface area contributed by atoms with E-state index >= 15 is 0 Å². The quantitative estimate of drug-likeness (QED) is 0.100. The number of fused-ring (bicyclic) bond motifs is 9. The maximum absolute atomic E-state index is 2.67. The number of para-hydroxylation sites is 2. The first-order valence-electron chi connectivity index (χ1n) is 26.6. The standard InChI is InChI=1S/C74H51NSi/c1-6-21-51(22-7-1)74-65-44-42-55(47-67(65)68-48-69-62-34-18-19-36-71(62)75(72(69)49-70(68)74)56-24-8-2-9-25-56)54-41-43-64-66(46-54)61-33-16-17-35-63(61)73(64)52-39-37-50(38-40-52)53-23-20-32-60(45-53)76(57-26-10-3-11-27-57,58-28-12-4-13-29-58)59-30-14-5-15-31-59/h1-49,73-74H. The molecule has 0 aliphatic heterocycles. The van der Waals surface area contributed by atoms with Gasteiger partial charge in [-0.05, 0) is 141 Å². The summed E-state index contributed by atoms with van der Waals surface area (Å²) in [6.07, 6.45) is 0. The van der Waals surface area contributed by atoms with E-state index in [4.69, 9.17) is 0 Å². The van der Waals surface area contributed by atoms with E-state index in [2.05, 4.69) is 302 Å². The summed E-state index contributed by atoms with van der Waals surface area (Å²) in [6, 6.07) is 112. The third-order valence-corrected chi connectivity index (χ3v) is 21.5. The van der Waals surface area contributed by atoms with Gasteiger partial charge in [-0.25, -0.2) is 0 Å². The van der Waals surface area contributed by atoms with Crippen molar-refractivity contribution in [3.05, 3.63) is 331 Å². The predicted molar refractivity (Wildman–Crippen MR) is 321 cm³/mol. The Morgan fingerprint density at radius 1 is 0.250 bits per heavy atom. The highest BCUT2D eigenvalue weighted by atomic mass is 28.3. The van der Waals surface area contributed by atoms with E-state index in [1.807, 2.05) is 0 Å². The smallest absolute Gasteiger partial charge is 0.179 e. The van der Waals surface area contributed by atoms with Crippen LogP contribution < -0.4 is 20.7 Å². The molecule has 0 saturated heterocycles. The van der Waals surface area contributed by atoms with Crippen LogP contribution in [0, 0.1) is 0 Å². The lowest BCUT2D eigenvalue weighted by Crippen LogP contribution is -2.74. The van der Waals surface area contributed by atoms with Crippen molar-refractivity contribution < 1.29 is 0 Å². The highest BCUT2D eigenvalue weighted by molar-refractivity contribution is 7.19. The van der Waals surface area contributed by atoms with Crippen molar-refractivity contribution in [3.8, 4) is 50.2 Å². The third kappa shape index (κ3) is 6.91. The van der Waals surface area contributed by atoms with Gasteiger partial charge in [-0.3, -0.25) is 0 Å². The van der Waals surface area contributed by atoms with Crippen LogP contribution in [0.5, 0.6) is 0 Å². The van der Waals surface area contributed by atoms with Crippen molar-refractivity contribution in [2.24, 2.45) is 0 Å².